The van der Waals surface area contributed by atoms with Crippen molar-refractivity contribution in [1.29, 1.82) is 0 Å². The molecule has 2 amide bonds. The Morgan fingerprint density at radius 2 is 2.08 bits per heavy atom. The number of aromatic nitrogens is 3. The summed E-state index contributed by atoms with van der Waals surface area (Å²) in [5, 5.41) is 10.2. The lowest BCUT2D eigenvalue weighted by molar-refractivity contribution is 0.247. The Labute approximate surface area is 140 Å². The second-order valence-electron chi connectivity index (χ2n) is 6.34. The topological polar surface area (TPSA) is 81.0 Å². The largest absolute Gasteiger partial charge is 0.345 e. The summed E-state index contributed by atoms with van der Waals surface area (Å²) in [4.78, 5) is 24.2. The predicted molar refractivity (Wildman–Crippen MR) is 92.3 cm³/mol. The Kier molecular flexibility index (Phi) is 4.42. The maximum Gasteiger partial charge on any atom is 0.345 e. The maximum atomic E-state index is 12.3. The van der Waals surface area contributed by atoms with E-state index in [1.165, 1.54) is 4.68 Å². The molecule has 0 bridgehead atoms. The van der Waals surface area contributed by atoms with E-state index < -0.39 is 0 Å². The van der Waals surface area contributed by atoms with E-state index in [1.54, 1.807) is 11.6 Å². The van der Waals surface area contributed by atoms with Crippen LogP contribution in [-0.2, 0) is 20.0 Å². The molecule has 0 fully saturated rings. The number of fused-ring (bicyclic) bond motifs is 1. The third-order valence-electron chi connectivity index (χ3n) is 4.69. The summed E-state index contributed by atoms with van der Waals surface area (Å²) < 4.78 is 3.07. The minimum absolute atomic E-state index is 0.0292. The lowest BCUT2D eigenvalue weighted by atomic mass is 10.1. The molecule has 1 unspecified atom stereocenters. The average molecular weight is 329 g/mol. The van der Waals surface area contributed by atoms with Crippen LogP contribution >= 0.6 is 0 Å². The highest BCUT2D eigenvalue weighted by Crippen LogP contribution is 2.18. The molecule has 1 aliphatic heterocycles. The van der Waals surface area contributed by atoms with Gasteiger partial charge in [-0.2, -0.15) is 5.10 Å². The molecule has 0 saturated heterocycles. The maximum absolute atomic E-state index is 12.3. The first-order chi connectivity index (χ1) is 11.5. The van der Waals surface area contributed by atoms with Gasteiger partial charge in [0.1, 0.15) is 5.82 Å². The summed E-state index contributed by atoms with van der Waals surface area (Å²) in [6.07, 6.45) is 2.18. The third kappa shape index (κ3) is 3.20. The number of anilines is 1. The fourth-order valence-corrected chi connectivity index (χ4v) is 3.07. The standard InChI is InChI=1S/C17H23N5O2/c1-11-5-4-6-14(12(11)2)19-16(23)18-13-7-8-15-20-21(3)17(24)22(15)10-9-13/h4-6,13H,7-10H2,1-3H3,(H2,18,19,23). The van der Waals surface area contributed by atoms with E-state index in [4.69, 9.17) is 0 Å². The summed E-state index contributed by atoms with van der Waals surface area (Å²) in [5.74, 6) is 0.793. The van der Waals surface area contributed by atoms with Gasteiger partial charge in [0.25, 0.3) is 0 Å². The molecule has 0 radical (unpaired) electrons. The quantitative estimate of drug-likeness (QED) is 0.880. The zero-order valence-electron chi connectivity index (χ0n) is 14.3. The molecule has 1 aromatic heterocycles. The molecule has 1 aromatic carbocycles. The number of carbonyl (C=O) groups excluding carboxylic acids is 1. The Bertz CT molecular complexity index is 821. The van der Waals surface area contributed by atoms with Gasteiger partial charge in [-0.05, 0) is 43.9 Å². The van der Waals surface area contributed by atoms with Crippen LogP contribution in [0.2, 0.25) is 0 Å². The van der Waals surface area contributed by atoms with Crippen LogP contribution in [0.15, 0.2) is 23.0 Å². The third-order valence-corrected chi connectivity index (χ3v) is 4.69. The lowest BCUT2D eigenvalue weighted by Crippen LogP contribution is -2.38. The van der Waals surface area contributed by atoms with Crippen LogP contribution in [0.1, 0.15) is 29.8 Å². The molecule has 2 heterocycles. The van der Waals surface area contributed by atoms with E-state index in [-0.39, 0.29) is 17.8 Å². The highest BCUT2D eigenvalue weighted by Gasteiger charge is 2.21. The Hall–Kier alpha value is -2.57. The number of hydrogen-bond donors (Lipinski definition) is 2. The molecule has 0 saturated carbocycles. The first kappa shape index (κ1) is 16.3. The van der Waals surface area contributed by atoms with Crippen LogP contribution in [0.3, 0.4) is 0 Å². The molecule has 2 N–H and O–H groups in total. The smallest absolute Gasteiger partial charge is 0.335 e. The van der Waals surface area contributed by atoms with Crippen LogP contribution in [0, 0.1) is 13.8 Å². The Morgan fingerprint density at radius 1 is 1.29 bits per heavy atom. The second-order valence-corrected chi connectivity index (χ2v) is 6.34. The van der Waals surface area contributed by atoms with Gasteiger partial charge in [0.2, 0.25) is 0 Å². The van der Waals surface area contributed by atoms with Gasteiger partial charge in [-0.1, -0.05) is 12.1 Å². The van der Waals surface area contributed by atoms with E-state index in [2.05, 4.69) is 15.7 Å². The van der Waals surface area contributed by atoms with E-state index in [0.29, 0.717) is 13.0 Å². The van der Waals surface area contributed by atoms with Gasteiger partial charge in [0.15, 0.2) is 0 Å². The minimum Gasteiger partial charge on any atom is -0.335 e. The fourth-order valence-electron chi connectivity index (χ4n) is 3.07. The molecule has 7 heteroatoms. The number of amides is 2. The molecule has 0 aliphatic carbocycles. The first-order valence-electron chi connectivity index (χ1n) is 8.22. The molecule has 128 valence electrons. The fraction of sp³-hybridized carbons (Fsp3) is 0.471. The summed E-state index contributed by atoms with van der Waals surface area (Å²) >= 11 is 0. The molecular formula is C17H23N5O2. The molecule has 3 rings (SSSR count). The number of aryl methyl sites for hydroxylation is 3. The molecule has 1 aliphatic rings. The number of hydrogen-bond acceptors (Lipinski definition) is 3. The monoisotopic (exact) mass is 329 g/mol. The summed E-state index contributed by atoms with van der Waals surface area (Å²) in [6, 6.07) is 5.67. The van der Waals surface area contributed by atoms with Crippen molar-refractivity contribution in [3.63, 3.8) is 0 Å². The van der Waals surface area contributed by atoms with Crippen LogP contribution in [0.4, 0.5) is 10.5 Å². The van der Waals surface area contributed by atoms with Gasteiger partial charge >= 0.3 is 11.7 Å². The molecule has 7 nitrogen and oxygen atoms in total. The van der Waals surface area contributed by atoms with Crippen LogP contribution < -0.4 is 16.3 Å². The van der Waals surface area contributed by atoms with Gasteiger partial charge < -0.3 is 10.6 Å². The zero-order chi connectivity index (χ0) is 17.3. The highest BCUT2D eigenvalue weighted by atomic mass is 16.2. The van der Waals surface area contributed by atoms with E-state index in [0.717, 1.165) is 35.5 Å². The highest BCUT2D eigenvalue weighted by molar-refractivity contribution is 5.90. The summed E-state index contributed by atoms with van der Waals surface area (Å²) in [6.45, 7) is 4.59. The van der Waals surface area contributed by atoms with Crippen molar-refractivity contribution in [3.8, 4) is 0 Å². The number of benzene rings is 1. The molecule has 1 atom stereocenters. The van der Waals surface area contributed by atoms with E-state index in [9.17, 15) is 9.59 Å². The van der Waals surface area contributed by atoms with Crippen molar-refractivity contribution in [3.05, 3.63) is 45.6 Å². The number of rotatable bonds is 2. The van der Waals surface area contributed by atoms with E-state index in [1.807, 2.05) is 32.0 Å². The first-order valence-corrected chi connectivity index (χ1v) is 8.22. The number of urea groups is 1. The SMILES string of the molecule is Cc1cccc(NC(=O)NC2CCc3nn(C)c(=O)n3CC2)c1C. The van der Waals surface area contributed by atoms with Crippen molar-refractivity contribution in [2.24, 2.45) is 7.05 Å². The average Bonchev–Trinajstić information content (AvgIpc) is 2.70. The van der Waals surface area contributed by atoms with Crippen molar-refractivity contribution in [2.45, 2.75) is 45.7 Å². The summed E-state index contributed by atoms with van der Waals surface area (Å²) in [7, 11) is 1.66. The van der Waals surface area contributed by atoms with Crippen molar-refractivity contribution in [1.82, 2.24) is 19.7 Å². The van der Waals surface area contributed by atoms with Crippen LogP contribution in [0.5, 0.6) is 0 Å². The molecular weight excluding hydrogens is 306 g/mol. The minimum atomic E-state index is -0.207. The number of nitrogens with one attached hydrogen (secondary N) is 2. The summed E-state index contributed by atoms with van der Waals surface area (Å²) in [5.41, 5.74) is 2.94. The van der Waals surface area contributed by atoms with Gasteiger partial charge in [-0.3, -0.25) is 4.57 Å². The van der Waals surface area contributed by atoms with Crippen LogP contribution in [-0.4, -0.2) is 26.4 Å². The zero-order valence-corrected chi connectivity index (χ0v) is 14.3. The number of nitrogens with zero attached hydrogens (tertiary/aromatic N) is 3. The van der Waals surface area contributed by atoms with Crippen molar-refractivity contribution >= 4 is 11.7 Å². The van der Waals surface area contributed by atoms with Crippen LogP contribution in [0.25, 0.3) is 0 Å². The predicted octanol–water partition coefficient (Wildman–Crippen LogP) is 1.73. The van der Waals surface area contributed by atoms with Gasteiger partial charge in [0, 0.05) is 31.7 Å². The molecule has 2 aromatic rings. The Morgan fingerprint density at radius 3 is 2.88 bits per heavy atom. The van der Waals surface area contributed by atoms with Gasteiger partial charge in [0.05, 0.1) is 0 Å². The Balaban J connectivity index is 1.62. The van der Waals surface area contributed by atoms with Gasteiger partial charge in [-0.25, -0.2) is 14.3 Å². The lowest BCUT2D eigenvalue weighted by Gasteiger charge is -2.17. The molecule has 24 heavy (non-hydrogen) atoms. The molecule has 0 spiro atoms. The number of carbonyl (C=O) groups is 1. The normalized spacial score (nSPS) is 17.0. The van der Waals surface area contributed by atoms with Crippen molar-refractivity contribution in [2.75, 3.05) is 5.32 Å². The second kappa shape index (κ2) is 6.51. The van der Waals surface area contributed by atoms with E-state index >= 15 is 0 Å². The van der Waals surface area contributed by atoms with Crippen molar-refractivity contribution < 1.29 is 4.79 Å². The van der Waals surface area contributed by atoms with Gasteiger partial charge in [-0.15, -0.1) is 0 Å².